The Balaban J connectivity index is 3.16. The van der Waals surface area contributed by atoms with Crippen LogP contribution in [0.1, 0.15) is 13.3 Å². The lowest BCUT2D eigenvalue weighted by molar-refractivity contribution is -0.386. The van der Waals surface area contributed by atoms with Gasteiger partial charge in [0.2, 0.25) is 5.82 Å². The molecule has 5 heteroatoms. The van der Waals surface area contributed by atoms with E-state index in [1.165, 1.54) is 6.07 Å². The first kappa shape index (κ1) is 11.4. The third-order valence-corrected chi connectivity index (χ3v) is 2.12. The van der Waals surface area contributed by atoms with Crippen molar-refractivity contribution in [3.8, 4) is 0 Å². The van der Waals surface area contributed by atoms with Crippen molar-refractivity contribution < 1.29 is 9.31 Å². The molecule has 15 heavy (non-hydrogen) atoms. The lowest BCUT2D eigenvalue weighted by atomic mass is 10.2. The van der Waals surface area contributed by atoms with Gasteiger partial charge in [-0.05, 0) is 18.6 Å². The highest BCUT2D eigenvalue weighted by Crippen LogP contribution is 2.29. The molecule has 0 aliphatic carbocycles. The molecule has 1 aromatic carbocycles. The molecule has 0 saturated carbocycles. The van der Waals surface area contributed by atoms with Crippen LogP contribution >= 0.6 is 0 Å². The predicted molar refractivity (Wildman–Crippen MR) is 56.6 cm³/mol. The van der Waals surface area contributed by atoms with Gasteiger partial charge >= 0.3 is 5.69 Å². The molecule has 0 fully saturated rings. The molecule has 82 valence electrons. The van der Waals surface area contributed by atoms with E-state index in [2.05, 4.69) is 0 Å². The number of para-hydroxylation sites is 1. The Morgan fingerprint density at radius 2 is 2.20 bits per heavy atom. The Bertz CT molecular complexity index is 368. The fourth-order valence-electron chi connectivity index (χ4n) is 1.45. The summed E-state index contributed by atoms with van der Waals surface area (Å²) >= 11 is 0. The van der Waals surface area contributed by atoms with Crippen molar-refractivity contribution in [2.24, 2.45) is 0 Å². The second-order valence-corrected chi connectivity index (χ2v) is 3.29. The number of hydrogen-bond donors (Lipinski definition) is 0. The molecule has 0 radical (unpaired) electrons. The zero-order valence-electron chi connectivity index (χ0n) is 8.74. The van der Waals surface area contributed by atoms with E-state index in [1.54, 1.807) is 18.0 Å². The number of rotatable bonds is 4. The molecule has 0 unspecified atom stereocenters. The van der Waals surface area contributed by atoms with Crippen LogP contribution in [0, 0.1) is 15.9 Å². The number of nitro groups is 1. The van der Waals surface area contributed by atoms with E-state index in [4.69, 9.17) is 0 Å². The molecule has 4 nitrogen and oxygen atoms in total. The minimum Gasteiger partial charge on any atom is -0.369 e. The second kappa shape index (κ2) is 4.72. The van der Waals surface area contributed by atoms with Crippen molar-refractivity contribution in [3.05, 3.63) is 34.1 Å². The Labute approximate surface area is 87.5 Å². The van der Waals surface area contributed by atoms with Gasteiger partial charge in [-0.25, -0.2) is 0 Å². The van der Waals surface area contributed by atoms with Crippen LogP contribution in [0.4, 0.5) is 15.8 Å². The topological polar surface area (TPSA) is 46.4 Å². The van der Waals surface area contributed by atoms with E-state index in [9.17, 15) is 14.5 Å². The van der Waals surface area contributed by atoms with Crippen molar-refractivity contribution in [2.75, 3.05) is 18.5 Å². The molecule has 0 aromatic heterocycles. The lowest BCUT2D eigenvalue weighted by Crippen LogP contribution is -2.19. The van der Waals surface area contributed by atoms with Crippen LogP contribution in [0.25, 0.3) is 0 Å². The Morgan fingerprint density at radius 3 is 2.73 bits per heavy atom. The molecule has 0 aliphatic heterocycles. The molecule has 0 amide bonds. The molecule has 0 N–H and O–H groups in total. The number of halogens is 1. The summed E-state index contributed by atoms with van der Waals surface area (Å²) in [7, 11) is 1.71. The van der Waals surface area contributed by atoms with Gasteiger partial charge in [0.1, 0.15) is 5.69 Å². The Morgan fingerprint density at radius 1 is 1.53 bits per heavy atom. The van der Waals surface area contributed by atoms with Crippen LogP contribution in [0.15, 0.2) is 18.2 Å². The summed E-state index contributed by atoms with van der Waals surface area (Å²) in [5, 5.41) is 10.7. The van der Waals surface area contributed by atoms with Gasteiger partial charge in [0.05, 0.1) is 4.92 Å². The van der Waals surface area contributed by atoms with E-state index < -0.39 is 16.4 Å². The fourth-order valence-corrected chi connectivity index (χ4v) is 1.45. The molecule has 1 aromatic rings. The number of hydrogen-bond acceptors (Lipinski definition) is 3. The van der Waals surface area contributed by atoms with Gasteiger partial charge < -0.3 is 4.90 Å². The van der Waals surface area contributed by atoms with Crippen LogP contribution in [-0.2, 0) is 0 Å². The van der Waals surface area contributed by atoms with Crippen LogP contribution in [0.5, 0.6) is 0 Å². The van der Waals surface area contributed by atoms with Crippen molar-refractivity contribution >= 4 is 11.4 Å². The molecule has 0 heterocycles. The standard InChI is InChI=1S/C10H13FN2O2/c1-3-7-12(2)9-6-4-5-8(11)10(9)13(14)15/h4-6H,3,7H2,1-2H3. The Kier molecular flexibility index (Phi) is 3.60. The SMILES string of the molecule is CCCN(C)c1cccc(F)c1[N+](=O)[O-]. The Hall–Kier alpha value is -1.65. The van der Waals surface area contributed by atoms with Gasteiger partial charge in [-0.2, -0.15) is 4.39 Å². The first-order chi connectivity index (χ1) is 7.07. The van der Waals surface area contributed by atoms with Crippen molar-refractivity contribution in [1.82, 2.24) is 0 Å². The maximum atomic E-state index is 13.2. The minimum absolute atomic E-state index is 0.321. The largest absolute Gasteiger partial charge is 0.369 e. The summed E-state index contributed by atoms with van der Waals surface area (Å²) in [6.45, 7) is 2.62. The highest BCUT2D eigenvalue weighted by molar-refractivity contribution is 5.63. The average Bonchev–Trinajstić information content (AvgIpc) is 2.17. The normalized spacial score (nSPS) is 10.1. The molecule has 0 atom stereocenters. The number of nitro benzene ring substituents is 1. The quantitative estimate of drug-likeness (QED) is 0.569. The number of nitrogens with zero attached hydrogens (tertiary/aromatic N) is 2. The molecular formula is C10H13FN2O2. The third kappa shape index (κ3) is 2.43. The van der Waals surface area contributed by atoms with E-state index >= 15 is 0 Å². The van der Waals surface area contributed by atoms with Crippen molar-refractivity contribution in [3.63, 3.8) is 0 Å². The van der Waals surface area contributed by atoms with Gasteiger partial charge in [0.25, 0.3) is 0 Å². The highest BCUT2D eigenvalue weighted by atomic mass is 19.1. The van der Waals surface area contributed by atoms with Gasteiger partial charge in [-0.15, -0.1) is 0 Å². The molecule has 0 bridgehead atoms. The summed E-state index contributed by atoms with van der Waals surface area (Å²) < 4.78 is 13.2. The molecule has 1 rings (SSSR count). The molecule has 0 saturated heterocycles. The van der Waals surface area contributed by atoms with Crippen LogP contribution < -0.4 is 4.90 Å². The number of benzene rings is 1. The highest BCUT2D eigenvalue weighted by Gasteiger charge is 2.21. The van der Waals surface area contributed by atoms with Gasteiger partial charge in [0, 0.05) is 13.6 Å². The third-order valence-electron chi connectivity index (χ3n) is 2.12. The summed E-state index contributed by atoms with van der Waals surface area (Å²) in [5.74, 6) is -0.791. The van der Waals surface area contributed by atoms with Crippen molar-refractivity contribution in [1.29, 1.82) is 0 Å². The van der Waals surface area contributed by atoms with Crippen LogP contribution in [0.2, 0.25) is 0 Å². The van der Waals surface area contributed by atoms with Gasteiger partial charge in [-0.1, -0.05) is 13.0 Å². The van der Waals surface area contributed by atoms with E-state index in [-0.39, 0.29) is 0 Å². The first-order valence-electron chi connectivity index (χ1n) is 4.72. The van der Waals surface area contributed by atoms with Gasteiger partial charge in [0.15, 0.2) is 0 Å². The van der Waals surface area contributed by atoms with E-state index in [0.29, 0.717) is 12.2 Å². The summed E-state index contributed by atoms with van der Waals surface area (Å²) in [6, 6.07) is 4.13. The lowest BCUT2D eigenvalue weighted by Gasteiger charge is -2.17. The fraction of sp³-hybridized carbons (Fsp3) is 0.400. The molecule has 0 spiro atoms. The monoisotopic (exact) mass is 212 g/mol. The predicted octanol–water partition coefficient (Wildman–Crippen LogP) is 2.58. The van der Waals surface area contributed by atoms with Gasteiger partial charge in [-0.3, -0.25) is 10.1 Å². The van der Waals surface area contributed by atoms with Crippen LogP contribution in [0.3, 0.4) is 0 Å². The number of anilines is 1. The maximum absolute atomic E-state index is 13.2. The van der Waals surface area contributed by atoms with E-state index in [1.807, 2.05) is 6.92 Å². The average molecular weight is 212 g/mol. The summed E-state index contributed by atoms with van der Waals surface area (Å²) in [4.78, 5) is 11.7. The molecule has 0 aliphatic rings. The van der Waals surface area contributed by atoms with Crippen molar-refractivity contribution in [2.45, 2.75) is 13.3 Å². The zero-order chi connectivity index (χ0) is 11.4. The minimum atomic E-state index is -0.791. The first-order valence-corrected chi connectivity index (χ1v) is 4.72. The maximum Gasteiger partial charge on any atom is 0.327 e. The smallest absolute Gasteiger partial charge is 0.327 e. The summed E-state index contributed by atoms with van der Waals surface area (Å²) in [5.41, 5.74) is -0.129. The van der Waals surface area contributed by atoms with E-state index in [0.717, 1.165) is 12.5 Å². The molecular weight excluding hydrogens is 199 g/mol. The second-order valence-electron chi connectivity index (χ2n) is 3.29. The zero-order valence-corrected chi connectivity index (χ0v) is 8.74. The summed E-state index contributed by atoms with van der Waals surface area (Å²) in [6.07, 6.45) is 0.851. The van der Waals surface area contributed by atoms with Crippen LogP contribution in [-0.4, -0.2) is 18.5 Å².